The second-order valence-electron chi connectivity index (χ2n) is 4.50. The highest BCUT2D eigenvalue weighted by Crippen LogP contribution is 2.19. The number of aliphatic hydroxyl groups excluding tert-OH is 1. The van der Waals surface area contributed by atoms with Gasteiger partial charge in [-0.15, -0.1) is 0 Å². The third-order valence-corrected chi connectivity index (χ3v) is 4.32. The van der Waals surface area contributed by atoms with Gasteiger partial charge in [-0.05, 0) is 75.5 Å². The Morgan fingerprint density at radius 1 is 1.47 bits per heavy atom. The largest absolute Gasteiger partial charge is 0.396 e. The van der Waals surface area contributed by atoms with Crippen LogP contribution in [0, 0.1) is 9.49 Å². The first-order chi connectivity index (χ1) is 9.08. The molecular formula is C14H19BrINO2. The van der Waals surface area contributed by atoms with Crippen molar-refractivity contribution in [1.29, 1.82) is 0 Å². The maximum atomic E-state index is 12.1. The average Bonchev–Trinajstić information content (AvgIpc) is 2.39. The highest BCUT2D eigenvalue weighted by Gasteiger charge is 2.13. The van der Waals surface area contributed by atoms with Crippen LogP contribution in [0.15, 0.2) is 22.7 Å². The van der Waals surface area contributed by atoms with E-state index < -0.39 is 0 Å². The Bertz CT molecular complexity index is 420. The molecule has 2 N–H and O–H groups in total. The third kappa shape index (κ3) is 5.79. The topological polar surface area (TPSA) is 49.3 Å². The highest BCUT2D eigenvalue weighted by atomic mass is 127. The Kier molecular flexibility index (Phi) is 7.94. The Labute approximate surface area is 136 Å². The van der Waals surface area contributed by atoms with Crippen LogP contribution in [0.4, 0.5) is 0 Å². The minimum Gasteiger partial charge on any atom is -0.396 e. The summed E-state index contributed by atoms with van der Waals surface area (Å²) in [4.78, 5) is 12.1. The van der Waals surface area contributed by atoms with Crippen molar-refractivity contribution >= 4 is 44.4 Å². The van der Waals surface area contributed by atoms with Crippen LogP contribution in [0.2, 0.25) is 0 Å². The van der Waals surface area contributed by atoms with E-state index in [2.05, 4.69) is 50.8 Å². The van der Waals surface area contributed by atoms with Crippen molar-refractivity contribution < 1.29 is 9.90 Å². The van der Waals surface area contributed by atoms with E-state index in [0.717, 1.165) is 27.3 Å². The van der Waals surface area contributed by atoms with Crippen LogP contribution in [0.1, 0.15) is 36.5 Å². The van der Waals surface area contributed by atoms with Crippen LogP contribution in [0.3, 0.4) is 0 Å². The summed E-state index contributed by atoms with van der Waals surface area (Å²) in [6, 6.07) is 5.70. The lowest BCUT2D eigenvalue weighted by atomic mass is 10.00. The van der Waals surface area contributed by atoms with Gasteiger partial charge in [0.2, 0.25) is 0 Å². The van der Waals surface area contributed by atoms with Gasteiger partial charge in [0, 0.05) is 21.2 Å². The van der Waals surface area contributed by atoms with E-state index in [1.54, 1.807) is 0 Å². The van der Waals surface area contributed by atoms with E-state index in [-0.39, 0.29) is 12.5 Å². The second-order valence-corrected chi connectivity index (χ2v) is 6.60. The summed E-state index contributed by atoms with van der Waals surface area (Å²) in [5.41, 5.74) is 0.658. The Hall–Kier alpha value is -0.140. The van der Waals surface area contributed by atoms with Crippen molar-refractivity contribution in [3.05, 3.63) is 31.8 Å². The molecule has 0 saturated carbocycles. The molecule has 0 bridgehead atoms. The molecule has 0 saturated heterocycles. The van der Waals surface area contributed by atoms with E-state index in [1.807, 2.05) is 18.2 Å². The van der Waals surface area contributed by atoms with Gasteiger partial charge in [0.1, 0.15) is 0 Å². The molecule has 0 fully saturated rings. The van der Waals surface area contributed by atoms with Gasteiger partial charge in [-0.2, -0.15) is 0 Å². The average molecular weight is 440 g/mol. The molecule has 0 heterocycles. The lowest BCUT2D eigenvalue weighted by Gasteiger charge is -2.16. The summed E-state index contributed by atoms with van der Waals surface area (Å²) in [7, 11) is 0. The van der Waals surface area contributed by atoms with Crippen LogP contribution >= 0.6 is 38.5 Å². The number of nitrogens with one attached hydrogen (secondary N) is 1. The molecule has 1 unspecified atom stereocenters. The van der Waals surface area contributed by atoms with Crippen molar-refractivity contribution in [1.82, 2.24) is 5.32 Å². The molecule has 3 nitrogen and oxygen atoms in total. The Morgan fingerprint density at radius 2 is 2.21 bits per heavy atom. The maximum absolute atomic E-state index is 12.1. The summed E-state index contributed by atoms with van der Waals surface area (Å²) in [6.07, 6.45) is 2.82. The molecule has 0 aliphatic carbocycles. The quantitative estimate of drug-likeness (QED) is 0.638. The summed E-state index contributed by atoms with van der Waals surface area (Å²) >= 11 is 5.59. The van der Waals surface area contributed by atoms with Gasteiger partial charge in [0.15, 0.2) is 0 Å². The van der Waals surface area contributed by atoms with Crippen molar-refractivity contribution in [2.45, 2.75) is 26.2 Å². The molecule has 1 atom stereocenters. The lowest BCUT2D eigenvalue weighted by Crippen LogP contribution is -2.30. The molecule has 1 aromatic rings. The first kappa shape index (κ1) is 16.9. The molecule has 1 amide bonds. The fourth-order valence-corrected chi connectivity index (χ4v) is 2.86. The normalized spacial score (nSPS) is 12.2. The van der Waals surface area contributed by atoms with Gasteiger partial charge in [0.05, 0.1) is 5.56 Å². The van der Waals surface area contributed by atoms with Crippen LogP contribution in [-0.4, -0.2) is 24.2 Å². The molecular weight excluding hydrogens is 421 g/mol. The number of carbonyl (C=O) groups excluding carboxylic acids is 1. The molecule has 0 spiro atoms. The number of hydrogen-bond acceptors (Lipinski definition) is 2. The molecule has 19 heavy (non-hydrogen) atoms. The van der Waals surface area contributed by atoms with Crippen molar-refractivity contribution in [2.24, 2.45) is 5.92 Å². The third-order valence-electron chi connectivity index (χ3n) is 2.96. The van der Waals surface area contributed by atoms with Crippen molar-refractivity contribution in [3.8, 4) is 0 Å². The smallest absolute Gasteiger partial charge is 0.252 e. The van der Waals surface area contributed by atoms with E-state index in [0.29, 0.717) is 18.0 Å². The van der Waals surface area contributed by atoms with Gasteiger partial charge in [-0.3, -0.25) is 4.79 Å². The number of amides is 1. The standard InChI is InChI=1S/C14H19BrINO2/c1-2-3-10(6-7-18)9-17-14(19)12-8-11(16)4-5-13(12)15/h4-5,8,10,18H,2-3,6-7,9H2,1H3,(H,17,19). The zero-order chi connectivity index (χ0) is 14.3. The van der Waals surface area contributed by atoms with Crippen molar-refractivity contribution in [2.75, 3.05) is 13.2 Å². The summed E-state index contributed by atoms with van der Waals surface area (Å²) in [6.45, 7) is 2.90. The summed E-state index contributed by atoms with van der Waals surface area (Å²) in [5, 5.41) is 12.0. The molecule has 106 valence electrons. The number of carbonyl (C=O) groups is 1. The van der Waals surface area contributed by atoms with Crippen LogP contribution in [0.5, 0.6) is 0 Å². The predicted octanol–water partition coefficient (Wildman–Crippen LogP) is 3.58. The Balaban J connectivity index is 2.61. The first-order valence-electron chi connectivity index (χ1n) is 6.42. The minimum atomic E-state index is -0.0653. The molecule has 5 heteroatoms. The predicted molar refractivity (Wildman–Crippen MR) is 89.3 cm³/mol. The van der Waals surface area contributed by atoms with E-state index in [4.69, 9.17) is 5.11 Å². The SMILES string of the molecule is CCCC(CCO)CNC(=O)c1cc(I)ccc1Br. The van der Waals surface area contributed by atoms with Gasteiger partial charge < -0.3 is 10.4 Å². The van der Waals surface area contributed by atoms with Crippen LogP contribution in [0.25, 0.3) is 0 Å². The fourth-order valence-electron chi connectivity index (χ4n) is 1.94. The first-order valence-corrected chi connectivity index (χ1v) is 8.29. The van der Waals surface area contributed by atoms with Gasteiger partial charge in [-0.1, -0.05) is 13.3 Å². The molecule has 0 aliphatic rings. The number of benzene rings is 1. The van der Waals surface area contributed by atoms with Gasteiger partial charge in [-0.25, -0.2) is 0 Å². The number of aliphatic hydroxyl groups is 1. The monoisotopic (exact) mass is 439 g/mol. The van der Waals surface area contributed by atoms with Crippen molar-refractivity contribution in [3.63, 3.8) is 0 Å². The summed E-state index contributed by atoms with van der Waals surface area (Å²) < 4.78 is 1.84. The number of hydrogen-bond donors (Lipinski definition) is 2. The fraction of sp³-hybridized carbons (Fsp3) is 0.500. The molecule has 0 radical (unpaired) electrons. The van der Waals surface area contributed by atoms with Crippen LogP contribution in [-0.2, 0) is 0 Å². The maximum Gasteiger partial charge on any atom is 0.252 e. The molecule has 0 aromatic heterocycles. The van der Waals surface area contributed by atoms with E-state index >= 15 is 0 Å². The minimum absolute atomic E-state index is 0.0653. The highest BCUT2D eigenvalue weighted by molar-refractivity contribution is 14.1. The molecule has 1 rings (SSSR count). The molecule has 0 aliphatic heterocycles. The van der Waals surface area contributed by atoms with Gasteiger partial charge >= 0.3 is 0 Å². The number of rotatable bonds is 7. The molecule has 1 aromatic carbocycles. The zero-order valence-electron chi connectivity index (χ0n) is 11.0. The lowest BCUT2D eigenvalue weighted by molar-refractivity contribution is 0.0942. The van der Waals surface area contributed by atoms with E-state index in [1.165, 1.54) is 0 Å². The number of halogens is 2. The second kappa shape index (κ2) is 8.92. The van der Waals surface area contributed by atoms with Crippen LogP contribution < -0.4 is 5.32 Å². The van der Waals surface area contributed by atoms with Gasteiger partial charge in [0.25, 0.3) is 5.91 Å². The van der Waals surface area contributed by atoms with E-state index in [9.17, 15) is 4.79 Å². The Morgan fingerprint density at radius 3 is 2.84 bits per heavy atom. The summed E-state index contributed by atoms with van der Waals surface area (Å²) in [5.74, 6) is 0.282. The zero-order valence-corrected chi connectivity index (χ0v) is 14.7.